The molecule has 5 heteroatoms. The van der Waals surface area contributed by atoms with Gasteiger partial charge in [0.1, 0.15) is 11.5 Å². The van der Waals surface area contributed by atoms with E-state index >= 15 is 0 Å². The van der Waals surface area contributed by atoms with Gasteiger partial charge in [-0.25, -0.2) is 4.98 Å². The Hall–Kier alpha value is -1.62. The fourth-order valence-corrected chi connectivity index (χ4v) is 2.43. The molecule has 2 N–H and O–H groups in total. The fraction of sp³-hybridized carbons (Fsp3) is 0.600. The van der Waals surface area contributed by atoms with Crippen molar-refractivity contribution in [3.8, 4) is 0 Å². The normalized spacial score (nSPS) is 19.9. The van der Waals surface area contributed by atoms with Crippen LogP contribution in [0.25, 0.3) is 0 Å². The van der Waals surface area contributed by atoms with Crippen LogP contribution in [0.2, 0.25) is 0 Å². The number of pyridine rings is 1. The number of aromatic nitrogens is 1. The van der Waals surface area contributed by atoms with Crippen LogP contribution in [-0.4, -0.2) is 46.6 Å². The third kappa shape index (κ3) is 3.48. The minimum Gasteiger partial charge on any atom is -0.393 e. The number of rotatable bonds is 5. The molecule has 2 unspecified atom stereocenters. The molecule has 1 aliphatic heterocycles. The number of carbonyl (C=O) groups excluding carboxylic acids is 1. The van der Waals surface area contributed by atoms with E-state index < -0.39 is 0 Å². The zero-order chi connectivity index (χ0) is 14.5. The molecule has 1 saturated heterocycles. The highest BCUT2D eigenvalue weighted by molar-refractivity contribution is 5.92. The number of anilines is 1. The molecular weight excluding hydrogens is 254 g/mol. The van der Waals surface area contributed by atoms with Crippen molar-refractivity contribution in [2.24, 2.45) is 5.92 Å². The molecule has 2 heterocycles. The van der Waals surface area contributed by atoms with Gasteiger partial charge in [0.05, 0.1) is 6.10 Å². The topological polar surface area (TPSA) is 65.5 Å². The van der Waals surface area contributed by atoms with E-state index in [2.05, 4.69) is 17.2 Å². The lowest BCUT2D eigenvalue weighted by Gasteiger charge is -2.17. The largest absolute Gasteiger partial charge is 0.393 e. The molecule has 0 radical (unpaired) electrons. The van der Waals surface area contributed by atoms with Gasteiger partial charge in [-0.05, 0) is 31.9 Å². The van der Waals surface area contributed by atoms with Crippen LogP contribution in [0.1, 0.15) is 37.2 Å². The van der Waals surface area contributed by atoms with Gasteiger partial charge in [0.25, 0.3) is 5.91 Å². The van der Waals surface area contributed by atoms with Crippen LogP contribution in [0.4, 0.5) is 5.82 Å². The Morgan fingerprint density at radius 2 is 2.40 bits per heavy atom. The minimum atomic E-state index is -0.363. The Morgan fingerprint density at radius 1 is 1.60 bits per heavy atom. The van der Waals surface area contributed by atoms with Gasteiger partial charge in [-0.3, -0.25) is 4.79 Å². The first kappa shape index (κ1) is 14.8. The number of likely N-dealkylation sites (tertiary alicyclic amines) is 1. The van der Waals surface area contributed by atoms with Crippen LogP contribution in [0, 0.1) is 5.92 Å². The first-order valence-corrected chi connectivity index (χ1v) is 7.30. The molecule has 0 aliphatic carbocycles. The third-order valence-corrected chi connectivity index (χ3v) is 3.72. The summed E-state index contributed by atoms with van der Waals surface area (Å²) in [5.41, 5.74) is 0.470. The minimum absolute atomic E-state index is 0.0479. The van der Waals surface area contributed by atoms with E-state index in [1.54, 1.807) is 17.9 Å². The number of carbonyl (C=O) groups is 1. The molecule has 1 aromatic heterocycles. The van der Waals surface area contributed by atoms with Gasteiger partial charge in [0.15, 0.2) is 0 Å². The van der Waals surface area contributed by atoms with Crippen molar-refractivity contribution in [2.75, 3.05) is 25.0 Å². The number of hydrogen-bond donors (Lipinski definition) is 2. The van der Waals surface area contributed by atoms with Crippen LogP contribution in [-0.2, 0) is 0 Å². The van der Waals surface area contributed by atoms with Crippen LogP contribution >= 0.6 is 0 Å². The van der Waals surface area contributed by atoms with E-state index in [1.807, 2.05) is 12.1 Å². The molecule has 1 amide bonds. The van der Waals surface area contributed by atoms with Crippen molar-refractivity contribution in [2.45, 2.75) is 32.8 Å². The zero-order valence-corrected chi connectivity index (χ0v) is 12.2. The van der Waals surface area contributed by atoms with Crippen LogP contribution < -0.4 is 5.32 Å². The molecule has 2 rings (SSSR count). The lowest BCUT2D eigenvalue weighted by atomic mass is 10.0. The van der Waals surface area contributed by atoms with Gasteiger partial charge in [-0.2, -0.15) is 0 Å². The summed E-state index contributed by atoms with van der Waals surface area (Å²) in [5.74, 6) is 0.873. The molecule has 20 heavy (non-hydrogen) atoms. The van der Waals surface area contributed by atoms with Gasteiger partial charge in [0.2, 0.25) is 0 Å². The first-order valence-electron chi connectivity index (χ1n) is 7.30. The van der Waals surface area contributed by atoms with Crippen LogP contribution in [0.15, 0.2) is 18.2 Å². The van der Waals surface area contributed by atoms with Crippen molar-refractivity contribution >= 4 is 11.7 Å². The molecule has 1 aromatic rings. The fourth-order valence-electron chi connectivity index (χ4n) is 2.43. The summed E-state index contributed by atoms with van der Waals surface area (Å²) in [6, 6.07) is 5.46. The maximum atomic E-state index is 12.4. The maximum Gasteiger partial charge on any atom is 0.272 e. The van der Waals surface area contributed by atoms with Gasteiger partial charge in [0, 0.05) is 25.6 Å². The van der Waals surface area contributed by atoms with Gasteiger partial charge in [-0.15, -0.1) is 0 Å². The number of hydrogen-bond acceptors (Lipinski definition) is 4. The van der Waals surface area contributed by atoms with E-state index in [9.17, 15) is 9.90 Å². The highest BCUT2D eigenvalue weighted by Gasteiger charge is 2.30. The summed E-state index contributed by atoms with van der Waals surface area (Å²) in [4.78, 5) is 18.5. The van der Waals surface area contributed by atoms with E-state index in [4.69, 9.17) is 0 Å². The zero-order valence-electron chi connectivity index (χ0n) is 12.2. The summed E-state index contributed by atoms with van der Waals surface area (Å²) < 4.78 is 0. The summed E-state index contributed by atoms with van der Waals surface area (Å²) in [6.45, 7) is 6.03. The van der Waals surface area contributed by atoms with Crippen molar-refractivity contribution in [3.63, 3.8) is 0 Å². The number of nitrogens with one attached hydrogen (secondary N) is 1. The predicted molar refractivity (Wildman–Crippen MR) is 78.7 cm³/mol. The van der Waals surface area contributed by atoms with Crippen molar-refractivity contribution in [1.82, 2.24) is 9.88 Å². The summed E-state index contributed by atoms with van der Waals surface area (Å²) >= 11 is 0. The molecule has 0 aromatic carbocycles. The number of aliphatic hydroxyl groups excluding tert-OH is 1. The van der Waals surface area contributed by atoms with Crippen molar-refractivity contribution in [3.05, 3.63) is 23.9 Å². The van der Waals surface area contributed by atoms with Gasteiger partial charge >= 0.3 is 0 Å². The Morgan fingerprint density at radius 3 is 3.05 bits per heavy atom. The lowest BCUT2D eigenvalue weighted by molar-refractivity contribution is 0.0757. The van der Waals surface area contributed by atoms with Gasteiger partial charge in [-0.1, -0.05) is 13.0 Å². The lowest BCUT2D eigenvalue weighted by Crippen LogP contribution is -2.31. The molecule has 1 fully saturated rings. The van der Waals surface area contributed by atoms with Crippen molar-refractivity contribution in [1.29, 1.82) is 0 Å². The van der Waals surface area contributed by atoms with Crippen molar-refractivity contribution < 1.29 is 9.90 Å². The summed E-state index contributed by atoms with van der Waals surface area (Å²) in [7, 11) is 0. The third-order valence-electron chi connectivity index (χ3n) is 3.72. The van der Waals surface area contributed by atoms with Gasteiger partial charge < -0.3 is 15.3 Å². The van der Waals surface area contributed by atoms with E-state index in [1.165, 1.54) is 0 Å². The van der Waals surface area contributed by atoms with Crippen LogP contribution in [0.3, 0.4) is 0 Å². The molecule has 0 saturated carbocycles. The SMILES string of the molecule is CCCNc1cccc(C(=O)N2CCC(C(C)O)C2)n1. The van der Waals surface area contributed by atoms with E-state index in [-0.39, 0.29) is 17.9 Å². The monoisotopic (exact) mass is 277 g/mol. The molecule has 5 nitrogen and oxygen atoms in total. The Kier molecular flexibility index (Phi) is 4.95. The first-order chi connectivity index (χ1) is 9.61. The molecule has 1 aliphatic rings. The second-order valence-corrected chi connectivity index (χ2v) is 5.38. The Bertz CT molecular complexity index is 462. The quantitative estimate of drug-likeness (QED) is 0.860. The number of amides is 1. The van der Waals surface area contributed by atoms with E-state index in [0.717, 1.165) is 25.2 Å². The molecule has 0 bridgehead atoms. The molecule has 0 spiro atoms. The standard InChI is InChI=1S/C15H23N3O2/c1-3-8-16-14-6-4-5-13(17-14)15(20)18-9-7-12(10-18)11(2)19/h4-6,11-12,19H,3,7-10H2,1-2H3,(H,16,17). The highest BCUT2D eigenvalue weighted by Crippen LogP contribution is 2.21. The van der Waals surface area contributed by atoms with E-state index in [0.29, 0.717) is 18.8 Å². The number of aliphatic hydroxyl groups is 1. The summed E-state index contributed by atoms with van der Waals surface area (Å²) in [6.07, 6.45) is 1.51. The Labute approximate surface area is 120 Å². The van der Waals surface area contributed by atoms with Crippen LogP contribution in [0.5, 0.6) is 0 Å². The second kappa shape index (κ2) is 6.70. The number of nitrogens with zero attached hydrogens (tertiary/aromatic N) is 2. The maximum absolute atomic E-state index is 12.4. The molecular formula is C15H23N3O2. The average Bonchev–Trinajstić information content (AvgIpc) is 2.94. The smallest absolute Gasteiger partial charge is 0.272 e. The second-order valence-electron chi connectivity index (χ2n) is 5.38. The molecule has 2 atom stereocenters. The summed E-state index contributed by atoms with van der Waals surface area (Å²) in [5, 5.41) is 12.8. The highest BCUT2D eigenvalue weighted by atomic mass is 16.3. The molecule has 110 valence electrons. The average molecular weight is 277 g/mol. The Balaban J connectivity index is 2.02. The predicted octanol–water partition coefficient (Wildman–Crippen LogP) is 1.75.